The predicted octanol–water partition coefficient (Wildman–Crippen LogP) is 17.2. The Bertz CT molecular complexity index is 3960. The Morgan fingerprint density at radius 1 is 0.484 bits per heavy atom. The zero-order chi connectivity index (χ0) is 42.3. The first kappa shape index (κ1) is 36.7. The number of hydrogen-bond acceptors (Lipinski definition) is 3. The van der Waals surface area contributed by atoms with Crippen LogP contribution >= 0.6 is 11.3 Å². The standard InChI is InChI=1S/C60H40N2OS/c1-2-43(12-9-11-38-21-34-59-53(35-38)49-15-5-8-20-58(49)64-59)61(45-30-24-40(25-31-45)42-26-32-48-47-14-4-7-19-56(47)63-57(48)37-42)44-28-22-39(23-29-44)41-27-33-55-52(36-41)51-17-10-16-50-46-13-3-6-18-54(46)62(55)60(50)51/h2-11,13-37,43H,1,12H2/b11-9+. The van der Waals surface area contributed by atoms with E-state index < -0.39 is 0 Å². The molecule has 3 nitrogen and oxygen atoms in total. The van der Waals surface area contributed by atoms with Gasteiger partial charge in [0.25, 0.3) is 0 Å². The van der Waals surface area contributed by atoms with Crippen LogP contribution < -0.4 is 4.90 Å². The highest BCUT2D eigenvalue weighted by molar-refractivity contribution is 7.25. The summed E-state index contributed by atoms with van der Waals surface area (Å²) >= 11 is 1.85. The van der Waals surface area contributed by atoms with Gasteiger partial charge in [-0.25, -0.2) is 0 Å². The summed E-state index contributed by atoms with van der Waals surface area (Å²) in [6.07, 6.45) is 7.42. The molecule has 0 aliphatic heterocycles. The summed E-state index contributed by atoms with van der Waals surface area (Å²) in [5, 5.41) is 10.1. The van der Waals surface area contributed by atoms with E-state index in [1.807, 2.05) is 23.5 Å². The number of thiophene rings is 1. The summed E-state index contributed by atoms with van der Waals surface area (Å²) in [4.78, 5) is 2.42. The van der Waals surface area contributed by atoms with Crippen LogP contribution in [0.1, 0.15) is 12.0 Å². The Kier molecular flexibility index (Phi) is 8.37. The van der Waals surface area contributed by atoms with E-state index in [0.717, 1.165) is 50.9 Å². The molecule has 0 fully saturated rings. The minimum Gasteiger partial charge on any atom is -0.456 e. The normalized spacial score (nSPS) is 12.7. The summed E-state index contributed by atoms with van der Waals surface area (Å²) in [6, 6.07) is 70.6. The molecule has 0 aliphatic carbocycles. The van der Waals surface area contributed by atoms with Gasteiger partial charge in [-0.1, -0.05) is 133 Å². The van der Waals surface area contributed by atoms with Crippen molar-refractivity contribution >= 4 is 109 Å². The maximum absolute atomic E-state index is 6.26. The Morgan fingerprint density at radius 2 is 1.09 bits per heavy atom. The third-order valence-electron chi connectivity index (χ3n) is 13.3. The predicted molar refractivity (Wildman–Crippen MR) is 275 cm³/mol. The van der Waals surface area contributed by atoms with Crippen LogP contribution in [-0.4, -0.2) is 10.4 Å². The maximum atomic E-state index is 6.26. The van der Waals surface area contributed by atoms with Crippen molar-refractivity contribution in [2.24, 2.45) is 0 Å². The van der Waals surface area contributed by atoms with Crippen molar-refractivity contribution in [3.63, 3.8) is 0 Å². The van der Waals surface area contributed by atoms with Crippen molar-refractivity contribution in [1.82, 2.24) is 4.40 Å². The number of furan rings is 1. The summed E-state index contributed by atoms with van der Waals surface area (Å²) < 4.78 is 11.3. The van der Waals surface area contributed by atoms with E-state index in [2.05, 4.69) is 216 Å². The van der Waals surface area contributed by atoms with Gasteiger partial charge in [-0.3, -0.25) is 0 Å². The molecule has 64 heavy (non-hydrogen) atoms. The van der Waals surface area contributed by atoms with E-state index >= 15 is 0 Å². The lowest BCUT2D eigenvalue weighted by Crippen LogP contribution is -2.28. The highest BCUT2D eigenvalue weighted by Gasteiger charge is 2.20. The second-order valence-corrected chi connectivity index (χ2v) is 17.9. The average molecular weight is 837 g/mol. The minimum atomic E-state index is -0.00402. The number of benzene rings is 9. The highest BCUT2D eigenvalue weighted by atomic mass is 32.1. The van der Waals surface area contributed by atoms with Crippen molar-refractivity contribution in [1.29, 1.82) is 0 Å². The molecule has 0 N–H and O–H groups in total. The molecule has 1 unspecified atom stereocenters. The lowest BCUT2D eigenvalue weighted by molar-refractivity contribution is 0.669. The van der Waals surface area contributed by atoms with Crippen molar-refractivity contribution in [2.45, 2.75) is 12.5 Å². The van der Waals surface area contributed by atoms with Gasteiger partial charge in [-0.05, 0) is 113 Å². The second kappa shape index (κ2) is 14.6. The third kappa shape index (κ3) is 5.80. The molecular weight excluding hydrogens is 797 g/mol. The van der Waals surface area contributed by atoms with Gasteiger partial charge in [-0.2, -0.15) is 0 Å². The largest absolute Gasteiger partial charge is 0.456 e. The highest BCUT2D eigenvalue weighted by Crippen LogP contribution is 2.41. The fraction of sp³-hybridized carbons (Fsp3) is 0.0333. The van der Waals surface area contributed by atoms with E-state index in [9.17, 15) is 0 Å². The maximum Gasteiger partial charge on any atom is 0.136 e. The SMILES string of the molecule is C=CC(C/C=C/c1ccc2sc3ccccc3c2c1)N(c1ccc(-c2ccc3c(c2)oc2ccccc23)cc1)c1ccc(-c2ccc3c(c2)c2cccc4c5ccccc5n3c42)cc1. The summed E-state index contributed by atoms with van der Waals surface area (Å²) in [6.45, 7) is 4.40. The molecule has 4 heterocycles. The fourth-order valence-electron chi connectivity index (χ4n) is 10.2. The number of para-hydroxylation sites is 3. The number of nitrogens with zero attached hydrogens (tertiary/aromatic N) is 2. The molecule has 0 amide bonds. The van der Waals surface area contributed by atoms with Gasteiger partial charge in [0.2, 0.25) is 0 Å². The first-order chi connectivity index (χ1) is 31.7. The zero-order valence-electron chi connectivity index (χ0n) is 34.9. The molecule has 0 spiro atoms. The number of anilines is 2. The van der Waals surface area contributed by atoms with Crippen LogP contribution in [0.4, 0.5) is 11.4 Å². The van der Waals surface area contributed by atoms with Crippen LogP contribution in [0.25, 0.3) is 109 Å². The van der Waals surface area contributed by atoms with E-state index in [1.165, 1.54) is 75.0 Å². The van der Waals surface area contributed by atoms with Gasteiger partial charge in [0, 0.05) is 63.9 Å². The molecule has 0 saturated carbocycles. The van der Waals surface area contributed by atoms with Crippen molar-refractivity contribution in [3.8, 4) is 22.3 Å². The third-order valence-corrected chi connectivity index (χ3v) is 14.4. The first-order valence-electron chi connectivity index (χ1n) is 22.0. The topological polar surface area (TPSA) is 20.8 Å². The Morgan fingerprint density at radius 3 is 1.89 bits per heavy atom. The van der Waals surface area contributed by atoms with E-state index in [0.29, 0.717) is 0 Å². The molecule has 4 aromatic heterocycles. The number of fused-ring (bicyclic) bond motifs is 12. The summed E-state index contributed by atoms with van der Waals surface area (Å²) in [5.41, 5.74) is 13.7. The quantitative estimate of drug-likeness (QED) is 0.135. The van der Waals surface area contributed by atoms with Crippen molar-refractivity contribution in [2.75, 3.05) is 4.90 Å². The molecule has 0 radical (unpaired) electrons. The molecule has 13 aromatic rings. The smallest absolute Gasteiger partial charge is 0.136 e. The molecule has 1 atom stereocenters. The van der Waals surface area contributed by atoms with Crippen LogP contribution in [-0.2, 0) is 0 Å². The Balaban J connectivity index is 0.856. The zero-order valence-corrected chi connectivity index (χ0v) is 35.7. The Labute approximate surface area is 374 Å². The van der Waals surface area contributed by atoms with Gasteiger partial charge >= 0.3 is 0 Å². The molecule has 302 valence electrons. The molecule has 0 bridgehead atoms. The lowest BCUT2D eigenvalue weighted by atomic mass is 10.00. The number of aromatic nitrogens is 1. The molecule has 0 aliphatic rings. The lowest BCUT2D eigenvalue weighted by Gasteiger charge is -2.32. The molecular formula is C60H40N2OS. The van der Waals surface area contributed by atoms with Crippen LogP contribution in [0.2, 0.25) is 0 Å². The van der Waals surface area contributed by atoms with Crippen molar-refractivity contribution in [3.05, 3.63) is 218 Å². The van der Waals surface area contributed by atoms with Crippen LogP contribution in [0.5, 0.6) is 0 Å². The monoisotopic (exact) mass is 836 g/mol. The fourth-order valence-corrected chi connectivity index (χ4v) is 11.3. The van der Waals surface area contributed by atoms with Crippen LogP contribution in [0, 0.1) is 0 Å². The molecule has 0 saturated heterocycles. The average Bonchev–Trinajstić information content (AvgIpc) is 4.11. The summed E-state index contributed by atoms with van der Waals surface area (Å²) in [7, 11) is 0. The van der Waals surface area contributed by atoms with Crippen LogP contribution in [0.15, 0.2) is 217 Å². The van der Waals surface area contributed by atoms with E-state index in [4.69, 9.17) is 4.42 Å². The van der Waals surface area contributed by atoms with Crippen LogP contribution in [0.3, 0.4) is 0 Å². The number of hydrogen-bond donors (Lipinski definition) is 0. The Hall–Kier alpha value is -7.92. The summed E-state index contributed by atoms with van der Waals surface area (Å²) in [5.74, 6) is 0. The van der Waals surface area contributed by atoms with Gasteiger partial charge < -0.3 is 13.7 Å². The minimum absolute atomic E-state index is 0.00402. The van der Waals surface area contributed by atoms with Gasteiger partial charge in [0.15, 0.2) is 0 Å². The van der Waals surface area contributed by atoms with Crippen molar-refractivity contribution < 1.29 is 4.42 Å². The van der Waals surface area contributed by atoms with Gasteiger partial charge in [-0.15, -0.1) is 17.9 Å². The van der Waals surface area contributed by atoms with E-state index in [-0.39, 0.29) is 6.04 Å². The molecule has 13 rings (SSSR count). The number of rotatable bonds is 9. The van der Waals surface area contributed by atoms with E-state index in [1.54, 1.807) is 0 Å². The first-order valence-corrected chi connectivity index (χ1v) is 22.8. The molecule has 4 heteroatoms. The van der Waals surface area contributed by atoms with Gasteiger partial charge in [0.05, 0.1) is 22.6 Å². The van der Waals surface area contributed by atoms with Gasteiger partial charge in [0.1, 0.15) is 11.2 Å². The molecule has 9 aromatic carbocycles. The second-order valence-electron chi connectivity index (χ2n) is 16.9.